The summed E-state index contributed by atoms with van der Waals surface area (Å²) in [6.07, 6.45) is -4.05. The minimum atomic E-state index is -6.48. The maximum atomic E-state index is 13.6. The largest absolute Gasteiger partial charge is 0.523 e. The molecule has 0 saturated heterocycles. The first-order valence-corrected chi connectivity index (χ1v) is 10.9. The zero-order chi connectivity index (χ0) is 23.4. The SMILES string of the molecule is CCc1ncnc(N(CC(OS(=O)(=O)C(F)(F)F)C(F)(F)F)C2CCCCC2)c1OC. The number of hydrogen-bond acceptors (Lipinski definition) is 7. The molecule has 1 heterocycles. The van der Waals surface area contributed by atoms with Crippen LogP contribution in [-0.4, -0.2) is 55.9 Å². The van der Waals surface area contributed by atoms with E-state index in [1.165, 1.54) is 7.11 Å². The van der Waals surface area contributed by atoms with Gasteiger partial charge in [-0.15, -0.1) is 0 Å². The molecule has 1 saturated carbocycles. The number of aromatic nitrogens is 2. The van der Waals surface area contributed by atoms with Crippen molar-refractivity contribution in [2.24, 2.45) is 0 Å². The van der Waals surface area contributed by atoms with Crippen molar-refractivity contribution in [3.05, 3.63) is 12.0 Å². The van der Waals surface area contributed by atoms with E-state index in [4.69, 9.17) is 4.74 Å². The lowest BCUT2D eigenvalue weighted by Gasteiger charge is -2.38. The van der Waals surface area contributed by atoms with Gasteiger partial charge in [-0.25, -0.2) is 14.2 Å². The molecule has 0 N–H and O–H groups in total. The van der Waals surface area contributed by atoms with Crippen LogP contribution in [0.3, 0.4) is 0 Å². The molecule has 1 fully saturated rings. The summed E-state index contributed by atoms with van der Waals surface area (Å²) in [4.78, 5) is 9.15. The zero-order valence-corrected chi connectivity index (χ0v) is 17.6. The van der Waals surface area contributed by atoms with Crippen molar-refractivity contribution >= 4 is 15.9 Å². The normalized spacial score (nSPS) is 17.4. The van der Waals surface area contributed by atoms with Crippen LogP contribution in [-0.2, 0) is 20.7 Å². The van der Waals surface area contributed by atoms with Crippen molar-refractivity contribution in [1.29, 1.82) is 0 Å². The molecule has 178 valence electrons. The Labute approximate surface area is 175 Å². The van der Waals surface area contributed by atoms with Gasteiger partial charge >= 0.3 is 21.8 Å². The van der Waals surface area contributed by atoms with Gasteiger partial charge in [0.05, 0.1) is 19.3 Å². The third-order valence-corrected chi connectivity index (χ3v) is 5.99. The first-order valence-electron chi connectivity index (χ1n) is 9.52. The first-order chi connectivity index (χ1) is 14.3. The van der Waals surface area contributed by atoms with Gasteiger partial charge in [-0.3, -0.25) is 0 Å². The predicted molar refractivity (Wildman–Crippen MR) is 98.1 cm³/mol. The van der Waals surface area contributed by atoms with Crippen molar-refractivity contribution in [2.75, 3.05) is 18.6 Å². The second-order valence-electron chi connectivity index (χ2n) is 7.00. The van der Waals surface area contributed by atoms with Crippen molar-refractivity contribution in [1.82, 2.24) is 9.97 Å². The first kappa shape index (κ1) is 25.4. The number of methoxy groups -OCH3 is 1. The third-order valence-electron chi connectivity index (χ3n) is 4.94. The lowest BCUT2D eigenvalue weighted by atomic mass is 9.93. The molecule has 0 spiro atoms. The molecule has 31 heavy (non-hydrogen) atoms. The van der Waals surface area contributed by atoms with Gasteiger partial charge in [0.1, 0.15) is 6.33 Å². The van der Waals surface area contributed by atoms with E-state index in [2.05, 4.69) is 14.2 Å². The molecule has 7 nitrogen and oxygen atoms in total. The summed E-state index contributed by atoms with van der Waals surface area (Å²) in [5.74, 6) is 0.0266. The molecule has 0 aromatic carbocycles. The van der Waals surface area contributed by atoms with E-state index < -0.39 is 40.5 Å². The Hall–Kier alpha value is -1.83. The van der Waals surface area contributed by atoms with Crippen LogP contribution in [0.15, 0.2) is 6.33 Å². The molecule has 1 aromatic rings. The van der Waals surface area contributed by atoms with Gasteiger partial charge in [-0.05, 0) is 19.3 Å². The highest BCUT2D eigenvalue weighted by Gasteiger charge is 2.54. The van der Waals surface area contributed by atoms with Crippen LogP contribution in [0.1, 0.15) is 44.7 Å². The minimum Gasteiger partial charge on any atom is -0.491 e. The van der Waals surface area contributed by atoms with Crippen LogP contribution < -0.4 is 9.64 Å². The fourth-order valence-electron chi connectivity index (χ4n) is 3.44. The summed E-state index contributed by atoms with van der Waals surface area (Å²) in [6.45, 7) is 0.525. The van der Waals surface area contributed by atoms with E-state index in [0.717, 1.165) is 17.6 Å². The molecular weight excluding hydrogens is 456 g/mol. The average Bonchev–Trinajstić information content (AvgIpc) is 2.69. The second-order valence-corrected chi connectivity index (χ2v) is 8.56. The van der Waals surface area contributed by atoms with Gasteiger partial charge < -0.3 is 9.64 Å². The number of rotatable bonds is 8. The highest BCUT2D eigenvalue weighted by molar-refractivity contribution is 7.87. The monoisotopic (exact) mass is 479 g/mol. The van der Waals surface area contributed by atoms with Gasteiger partial charge in [-0.1, -0.05) is 26.2 Å². The number of ether oxygens (including phenoxy) is 1. The van der Waals surface area contributed by atoms with Gasteiger partial charge in [0, 0.05) is 6.04 Å². The van der Waals surface area contributed by atoms with Crippen LogP contribution in [0.25, 0.3) is 0 Å². The molecule has 2 rings (SSSR count). The van der Waals surface area contributed by atoms with Crippen molar-refractivity contribution in [3.8, 4) is 5.75 Å². The quantitative estimate of drug-likeness (QED) is 0.317. The fraction of sp³-hybridized carbons (Fsp3) is 0.765. The number of nitrogens with zero attached hydrogens (tertiary/aromatic N) is 3. The number of anilines is 1. The molecule has 0 bridgehead atoms. The van der Waals surface area contributed by atoms with E-state index >= 15 is 0 Å². The number of aryl methyl sites for hydroxylation is 1. The van der Waals surface area contributed by atoms with Crippen molar-refractivity contribution in [3.63, 3.8) is 0 Å². The molecule has 1 aliphatic rings. The molecule has 1 atom stereocenters. The highest BCUT2D eigenvalue weighted by Crippen LogP contribution is 2.37. The maximum absolute atomic E-state index is 13.6. The Morgan fingerprint density at radius 1 is 1.13 bits per heavy atom. The Balaban J connectivity index is 2.51. The Kier molecular flexibility index (Phi) is 8.00. The summed E-state index contributed by atoms with van der Waals surface area (Å²) >= 11 is 0. The molecule has 14 heteroatoms. The molecular formula is C17H23F6N3O4S. The second kappa shape index (κ2) is 9.76. The third kappa shape index (κ3) is 6.11. The maximum Gasteiger partial charge on any atom is 0.523 e. The standard InChI is InChI=1S/C17H23F6N3O4S/c1-3-12-14(29-2)15(25-10-24-12)26(11-7-5-4-6-8-11)9-13(16(18,19)20)30-31(27,28)17(21,22)23/h10-11,13H,3-9H2,1-2H3. The van der Waals surface area contributed by atoms with E-state index in [1.54, 1.807) is 6.92 Å². The molecule has 0 radical (unpaired) electrons. The Bertz CT molecular complexity index is 841. The van der Waals surface area contributed by atoms with E-state index in [9.17, 15) is 34.8 Å². The topological polar surface area (TPSA) is 81.6 Å². The summed E-state index contributed by atoms with van der Waals surface area (Å²) in [5, 5.41) is 0. The molecule has 1 aromatic heterocycles. The molecule has 0 aliphatic heterocycles. The van der Waals surface area contributed by atoms with Crippen molar-refractivity contribution < 1.29 is 43.7 Å². The molecule has 1 aliphatic carbocycles. The predicted octanol–water partition coefficient (Wildman–Crippen LogP) is 3.98. The summed E-state index contributed by atoms with van der Waals surface area (Å²) in [6, 6.07) is -0.524. The minimum absolute atomic E-state index is 0.0523. The summed E-state index contributed by atoms with van der Waals surface area (Å²) in [5.41, 5.74) is -5.60. The van der Waals surface area contributed by atoms with Crippen LogP contribution in [0.2, 0.25) is 0 Å². The smallest absolute Gasteiger partial charge is 0.491 e. The number of hydrogen-bond donors (Lipinski definition) is 0. The fourth-order valence-corrected chi connectivity index (χ4v) is 4.03. The van der Waals surface area contributed by atoms with Crippen LogP contribution in [0, 0.1) is 0 Å². The van der Waals surface area contributed by atoms with Gasteiger partial charge in [-0.2, -0.15) is 34.8 Å². The molecule has 1 unspecified atom stereocenters. The average molecular weight is 479 g/mol. The summed E-state index contributed by atoms with van der Waals surface area (Å²) in [7, 11) is -5.21. The zero-order valence-electron chi connectivity index (χ0n) is 16.8. The number of alkyl halides is 6. The Morgan fingerprint density at radius 2 is 1.74 bits per heavy atom. The van der Waals surface area contributed by atoms with Crippen molar-refractivity contribution in [2.45, 2.75) is 69.3 Å². The van der Waals surface area contributed by atoms with E-state index in [1.807, 2.05) is 0 Å². The van der Waals surface area contributed by atoms with E-state index in [0.29, 0.717) is 37.8 Å². The Morgan fingerprint density at radius 3 is 2.23 bits per heavy atom. The number of halogens is 6. The lowest BCUT2D eigenvalue weighted by Crippen LogP contribution is -2.49. The highest BCUT2D eigenvalue weighted by atomic mass is 32.2. The summed E-state index contributed by atoms with van der Waals surface area (Å²) < 4.78 is 110. The lowest BCUT2D eigenvalue weighted by molar-refractivity contribution is -0.194. The van der Waals surface area contributed by atoms with Gasteiger partial charge in [0.2, 0.25) is 0 Å². The van der Waals surface area contributed by atoms with Crippen LogP contribution >= 0.6 is 0 Å². The van der Waals surface area contributed by atoms with Gasteiger partial charge in [0.15, 0.2) is 17.7 Å². The molecule has 0 amide bonds. The van der Waals surface area contributed by atoms with E-state index in [-0.39, 0.29) is 11.6 Å². The van der Waals surface area contributed by atoms with Gasteiger partial charge in [0.25, 0.3) is 0 Å². The van der Waals surface area contributed by atoms with Crippen LogP contribution in [0.5, 0.6) is 5.75 Å². The van der Waals surface area contributed by atoms with Crippen LogP contribution in [0.4, 0.5) is 32.2 Å².